The van der Waals surface area contributed by atoms with Crippen molar-refractivity contribution in [2.45, 2.75) is 32.0 Å². The molecule has 2 N–H and O–H groups in total. The summed E-state index contributed by atoms with van der Waals surface area (Å²) in [5.74, 6) is 1.11. The Balaban J connectivity index is 1.71. The molecule has 5 heteroatoms. The number of hydrogen-bond donors (Lipinski definition) is 1. The van der Waals surface area contributed by atoms with Crippen LogP contribution < -0.4 is 5.32 Å². The van der Waals surface area contributed by atoms with E-state index >= 15 is 0 Å². The highest BCUT2D eigenvalue weighted by Gasteiger charge is 2.25. The molecule has 0 aliphatic heterocycles. The normalized spacial score (nSPS) is 14.8. The van der Waals surface area contributed by atoms with Crippen LogP contribution in [-0.2, 0) is 13.1 Å². The molecule has 0 bridgehead atoms. The second-order valence-corrected chi connectivity index (χ2v) is 5.81. The van der Waals surface area contributed by atoms with Crippen molar-refractivity contribution in [1.82, 2.24) is 9.55 Å². The number of quaternary nitrogens is 1. The lowest BCUT2D eigenvalue weighted by Crippen LogP contribution is -2.84. The highest BCUT2D eigenvalue weighted by Crippen LogP contribution is 2.23. The van der Waals surface area contributed by atoms with E-state index in [0.29, 0.717) is 10.0 Å². The van der Waals surface area contributed by atoms with Crippen molar-refractivity contribution in [2.75, 3.05) is 0 Å². The molecule has 0 atom stereocenters. The topological polar surface area (TPSA) is 34.4 Å². The zero-order chi connectivity index (χ0) is 13.2. The van der Waals surface area contributed by atoms with Crippen LogP contribution in [0, 0.1) is 0 Å². The second-order valence-electron chi connectivity index (χ2n) is 5.00. The van der Waals surface area contributed by atoms with Crippen molar-refractivity contribution in [2.24, 2.45) is 0 Å². The highest BCUT2D eigenvalue weighted by atomic mass is 35.5. The number of rotatable bonds is 5. The molecule has 100 valence electrons. The van der Waals surface area contributed by atoms with Crippen LogP contribution in [0.2, 0.25) is 10.0 Å². The molecular weight excluding hydrogens is 281 g/mol. The van der Waals surface area contributed by atoms with Crippen molar-refractivity contribution >= 4 is 23.2 Å². The van der Waals surface area contributed by atoms with Gasteiger partial charge in [-0.3, -0.25) is 0 Å². The van der Waals surface area contributed by atoms with Gasteiger partial charge in [0.25, 0.3) is 0 Å². The van der Waals surface area contributed by atoms with E-state index in [1.165, 1.54) is 12.8 Å². The number of hydrogen-bond acceptors (Lipinski definition) is 1. The first-order valence-electron chi connectivity index (χ1n) is 6.49. The Hall–Kier alpha value is -1.03. The Kier molecular flexibility index (Phi) is 3.78. The summed E-state index contributed by atoms with van der Waals surface area (Å²) >= 11 is 12.0. The maximum atomic E-state index is 6.04. The van der Waals surface area contributed by atoms with Gasteiger partial charge in [0, 0.05) is 31.8 Å². The van der Waals surface area contributed by atoms with E-state index < -0.39 is 0 Å². The first-order valence-corrected chi connectivity index (χ1v) is 7.25. The summed E-state index contributed by atoms with van der Waals surface area (Å²) in [5.41, 5.74) is 1.14. The third-order valence-corrected chi connectivity index (χ3v) is 4.13. The van der Waals surface area contributed by atoms with Crippen molar-refractivity contribution in [1.29, 1.82) is 0 Å². The molecule has 2 aromatic rings. The highest BCUT2D eigenvalue weighted by molar-refractivity contribution is 6.42. The van der Waals surface area contributed by atoms with E-state index in [-0.39, 0.29) is 0 Å². The molecule has 1 aromatic heterocycles. The minimum Gasteiger partial charge on any atom is -0.338 e. The van der Waals surface area contributed by atoms with Gasteiger partial charge in [0.1, 0.15) is 6.54 Å². The standard InChI is InChI=1S/C14H15Cl2N3/c15-12-4-1-10(7-13(12)16)9-19-6-5-17-14(19)8-18-11-2-3-11/h1,4-7,11,18H,2-3,8-9H2/p+1. The van der Waals surface area contributed by atoms with E-state index in [2.05, 4.69) is 14.9 Å². The van der Waals surface area contributed by atoms with Gasteiger partial charge < -0.3 is 9.88 Å². The van der Waals surface area contributed by atoms with Crippen molar-refractivity contribution in [3.05, 3.63) is 52.0 Å². The predicted octanol–water partition coefficient (Wildman–Crippen LogP) is 2.46. The van der Waals surface area contributed by atoms with E-state index in [1.54, 1.807) is 0 Å². The van der Waals surface area contributed by atoms with E-state index in [9.17, 15) is 0 Å². The molecular formula is C14H16Cl2N3+. The maximum Gasteiger partial charge on any atom is 0.164 e. The van der Waals surface area contributed by atoms with Crippen LogP contribution in [0.15, 0.2) is 30.6 Å². The molecule has 1 saturated carbocycles. The van der Waals surface area contributed by atoms with Crippen molar-refractivity contribution < 1.29 is 5.32 Å². The van der Waals surface area contributed by atoms with Crippen LogP contribution >= 0.6 is 23.2 Å². The van der Waals surface area contributed by atoms with Gasteiger partial charge in [-0.15, -0.1) is 0 Å². The lowest BCUT2D eigenvalue weighted by molar-refractivity contribution is -0.685. The molecule has 1 fully saturated rings. The zero-order valence-electron chi connectivity index (χ0n) is 10.5. The molecule has 0 radical (unpaired) electrons. The predicted molar refractivity (Wildman–Crippen MR) is 76.4 cm³/mol. The average molecular weight is 297 g/mol. The third kappa shape index (κ3) is 3.30. The molecule has 0 spiro atoms. The maximum absolute atomic E-state index is 6.04. The lowest BCUT2D eigenvalue weighted by atomic mass is 10.2. The van der Waals surface area contributed by atoms with Crippen LogP contribution in [0.1, 0.15) is 24.2 Å². The fraction of sp³-hybridized carbons (Fsp3) is 0.357. The monoisotopic (exact) mass is 296 g/mol. The SMILES string of the molecule is Clc1ccc(Cn2ccnc2C[NH2+]C2CC2)cc1Cl. The van der Waals surface area contributed by atoms with Gasteiger partial charge in [0.05, 0.1) is 16.1 Å². The summed E-state index contributed by atoms with van der Waals surface area (Å²) < 4.78 is 2.17. The largest absolute Gasteiger partial charge is 0.338 e. The lowest BCUT2D eigenvalue weighted by Gasteiger charge is -2.08. The Labute approximate surface area is 122 Å². The van der Waals surface area contributed by atoms with Crippen LogP contribution in [0.3, 0.4) is 0 Å². The summed E-state index contributed by atoms with van der Waals surface area (Å²) in [4.78, 5) is 4.42. The van der Waals surface area contributed by atoms with Crippen LogP contribution in [-0.4, -0.2) is 15.6 Å². The van der Waals surface area contributed by atoms with Gasteiger partial charge in [-0.05, 0) is 17.7 Å². The van der Waals surface area contributed by atoms with Crippen molar-refractivity contribution in [3.63, 3.8) is 0 Å². The van der Waals surface area contributed by atoms with E-state index in [1.807, 2.05) is 30.6 Å². The molecule has 0 amide bonds. The van der Waals surface area contributed by atoms with Gasteiger partial charge in [-0.1, -0.05) is 29.3 Å². The molecule has 0 saturated heterocycles. The fourth-order valence-corrected chi connectivity index (χ4v) is 2.43. The van der Waals surface area contributed by atoms with Crippen molar-refractivity contribution in [3.8, 4) is 0 Å². The summed E-state index contributed by atoms with van der Waals surface area (Å²) in [6.07, 6.45) is 6.55. The average Bonchev–Trinajstić information content (AvgIpc) is 3.12. The molecule has 0 unspecified atom stereocenters. The fourth-order valence-electron chi connectivity index (χ4n) is 2.11. The number of benzene rings is 1. The summed E-state index contributed by atoms with van der Waals surface area (Å²) in [7, 11) is 0. The molecule has 1 aliphatic rings. The smallest absolute Gasteiger partial charge is 0.164 e. The molecule has 1 heterocycles. The third-order valence-electron chi connectivity index (χ3n) is 3.39. The van der Waals surface area contributed by atoms with Crippen LogP contribution in [0.5, 0.6) is 0 Å². The summed E-state index contributed by atoms with van der Waals surface area (Å²) in [5, 5.41) is 3.57. The van der Waals surface area contributed by atoms with Gasteiger partial charge >= 0.3 is 0 Å². The van der Waals surface area contributed by atoms with Gasteiger partial charge in [0.15, 0.2) is 5.82 Å². The molecule has 19 heavy (non-hydrogen) atoms. The molecule has 3 nitrogen and oxygen atoms in total. The van der Waals surface area contributed by atoms with Gasteiger partial charge in [-0.25, -0.2) is 4.98 Å². The number of nitrogens with two attached hydrogens (primary N) is 1. The first-order chi connectivity index (χ1) is 9.22. The Morgan fingerprint density at radius 1 is 1.26 bits per heavy atom. The Morgan fingerprint density at radius 2 is 2.11 bits per heavy atom. The van der Waals surface area contributed by atoms with Crippen LogP contribution in [0.4, 0.5) is 0 Å². The second kappa shape index (κ2) is 5.53. The number of aromatic nitrogens is 2. The number of imidazole rings is 1. The Morgan fingerprint density at radius 3 is 2.84 bits per heavy atom. The molecule has 1 aliphatic carbocycles. The van der Waals surface area contributed by atoms with Crippen LogP contribution in [0.25, 0.3) is 0 Å². The number of nitrogens with zero attached hydrogens (tertiary/aromatic N) is 2. The number of halogens is 2. The molecule has 1 aromatic carbocycles. The van der Waals surface area contributed by atoms with E-state index in [0.717, 1.165) is 30.5 Å². The minimum absolute atomic E-state index is 0.596. The quantitative estimate of drug-likeness (QED) is 0.904. The summed E-state index contributed by atoms with van der Waals surface area (Å²) in [6, 6.07) is 6.57. The Bertz CT molecular complexity index is 576. The van der Waals surface area contributed by atoms with Gasteiger partial charge in [-0.2, -0.15) is 0 Å². The van der Waals surface area contributed by atoms with Gasteiger partial charge in [0.2, 0.25) is 0 Å². The van der Waals surface area contributed by atoms with E-state index in [4.69, 9.17) is 23.2 Å². The first kappa shape index (κ1) is 13.0. The molecule has 3 rings (SSSR count). The minimum atomic E-state index is 0.596. The summed E-state index contributed by atoms with van der Waals surface area (Å²) in [6.45, 7) is 1.73. The zero-order valence-corrected chi connectivity index (χ0v) is 12.0.